The number of halogens is 4. The number of aliphatic carboxylic acids is 3. The summed E-state index contributed by atoms with van der Waals surface area (Å²) >= 11 is 19.3. The molecule has 18 rings (SSSR count). The molecular formula is C94H85Cl3FN7O9. The number of rotatable bonds is 24. The Kier molecular flexibility index (Phi) is 21.7. The fraction of sp³-hybridized carbons (Fsp3) is 0.319. The summed E-state index contributed by atoms with van der Waals surface area (Å²) in [5.41, 5.74) is 14.3. The predicted octanol–water partition coefficient (Wildman–Crippen LogP) is 22.5. The summed E-state index contributed by atoms with van der Waals surface area (Å²) in [5.74, 6) is -0.322. The van der Waals surface area contributed by atoms with Crippen LogP contribution in [0, 0.1) is 64.1 Å². The molecule has 0 atom stereocenters. The second-order valence-corrected chi connectivity index (χ2v) is 34.7. The number of nitrogens with zero attached hydrogens (tertiary/aromatic N) is 7. The van der Waals surface area contributed by atoms with E-state index in [-0.39, 0.29) is 64.6 Å². The van der Waals surface area contributed by atoms with Crippen molar-refractivity contribution in [3.8, 4) is 33.4 Å². The number of fused-ring (bicyclic) bond motifs is 3. The van der Waals surface area contributed by atoms with E-state index < -0.39 is 17.9 Å². The first-order valence-electron chi connectivity index (χ1n) is 39.2. The van der Waals surface area contributed by atoms with E-state index in [2.05, 4.69) is 80.8 Å². The van der Waals surface area contributed by atoms with E-state index in [0.29, 0.717) is 117 Å². The lowest BCUT2D eigenvalue weighted by Gasteiger charge is -2.58. The second kappa shape index (κ2) is 32.2. The zero-order valence-electron chi connectivity index (χ0n) is 62.9. The van der Waals surface area contributed by atoms with Gasteiger partial charge in [-0.2, -0.15) is 15.3 Å². The lowest BCUT2D eigenvalue weighted by atomic mass is 9.47. The van der Waals surface area contributed by atoms with Crippen LogP contribution in [0.2, 0.25) is 15.1 Å². The number of benzene rings is 9. The van der Waals surface area contributed by atoms with E-state index in [1.165, 1.54) is 11.6 Å². The van der Waals surface area contributed by atoms with Crippen molar-refractivity contribution in [3.63, 3.8) is 0 Å². The van der Waals surface area contributed by atoms with E-state index in [4.69, 9.17) is 56.7 Å². The summed E-state index contributed by atoms with van der Waals surface area (Å²) < 4.78 is 20.5. The van der Waals surface area contributed by atoms with Crippen molar-refractivity contribution in [1.29, 1.82) is 0 Å². The number of hydrogen-bond donors (Lipinski definition) is 3. The van der Waals surface area contributed by atoms with Crippen LogP contribution in [0.4, 0.5) is 10.1 Å². The van der Waals surface area contributed by atoms with E-state index in [0.717, 1.165) is 143 Å². The van der Waals surface area contributed by atoms with Gasteiger partial charge in [-0.1, -0.05) is 180 Å². The Hall–Kier alpha value is -10.9. The number of carbonyl (C=O) groups excluding carboxylic acids is 3. The van der Waals surface area contributed by atoms with Gasteiger partial charge in [-0.25, -0.2) is 9.24 Å². The van der Waals surface area contributed by atoms with Gasteiger partial charge in [0.1, 0.15) is 5.82 Å². The van der Waals surface area contributed by atoms with Gasteiger partial charge in [0.15, 0.2) is 23.0 Å². The maximum Gasteiger partial charge on any atom is 0.303 e. The number of carboxylic acids is 3. The summed E-state index contributed by atoms with van der Waals surface area (Å²) in [7, 11) is 0. The average molecular weight is 1580 g/mol. The molecule has 114 heavy (non-hydrogen) atoms. The largest absolute Gasteiger partial charge is 0.481 e. The zero-order chi connectivity index (χ0) is 79.2. The van der Waals surface area contributed by atoms with E-state index >= 15 is 0 Å². The summed E-state index contributed by atoms with van der Waals surface area (Å²) in [4.78, 5) is 76.7. The van der Waals surface area contributed by atoms with Crippen LogP contribution in [0.25, 0.3) is 70.9 Å². The molecule has 3 spiro atoms. The molecule has 0 saturated heterocycles. The number of carboxylic acid groups (broad SMARTS) is 3. The fourth-order valence-corrected chi connectivity index (χ4v) is 20.9. The summed E-state index contributed by atoms with van der Waals surface area (Å²) in [6, 6.07) is 59.9. The standard InChI is InChI=1S/C32H28ClN3O3.C31H28ClFN2O3.C31H29ClN2O3/c1-34-25-8-6-24(7-9-25)23-4-2-20(3-5-23)19-36-31-26(10-11-28(33)27(31)18-35-36)29(37)12-21-14-32(15-21)16-22(17-32)13-30(38)39;32-24-11-23-17-34-35(18-19-6-7-25(27(33)8-19)22-4-2-1-3-5-22)30(23)26(12-24)28(36)9-20-13-31(14-20)15-21(16-31)10-29(37)38;32-26-12-25-18-33-34(19-20-6-8-24(9-7-20)23-4-2-1-3-5-23)30(25)27(13-26)28(35)10-21-14-31(15-21)16-22(17-31)11-29(36)37/h2-11,18,21-22H,12-17,19H2,(H,38,39);1-8,11-12,17,20-21H,9-10,13-16,18H2,(H,37,38);1-9,12-13,18,21-22H,10-11,14-17,19H2,(H,36,37). The second-order valence-electron chi connectivity index (χ2n) is 33.5. The Morgan fingerprint density at radius 3 is 1.15 bits per heavy atom. The van der Waals surface area contributed by atoms with Crippen LogP contribution in [0.3, 0.4) is 0 Å². The maximum absolute atomic E-state index is 15.0. The molecule has 16 nitrogen and oxygen atoms in total. The van der Waals surface area contributed by atoms with Crippen LogP contribution < -0.4 is 0 Å². The Morgan fingerprint density at radius 2 is 0.746 bits per heavy atom. The smallest absolute Gasteiger partial charge is 0.303 e. The highest BCUT2D eigenvalue weighted by Gasteiger charge is 2.55. The van der Waals surface area contributed by atoms with Crippen molar-refractivity contribution >= 4 is 108 Å². The normalized spacial score (nSPS) is 22.2. The molecule has 6 aliphatic carbocycles. The van der Waals surface area contributed by atoms with Crippen molar-refractivity contribution < 1.29 is 48.5 Å². The number of carbonyl (C=O) groups is 6. The minimum Gasteiger partial charge on any atom is -0.481 e. The molecule has 9 aromatic carbocycles. The summed E-state index contributed by atoms with van der Waals surface area (Å²) in [6.07, 6.45) is 19.3. The average Bonchev–Trinajstić information content (AvgIpc) is 0.853. The van der Waals surface area contributed by atoms with Crippen LogP contribution in [0.15, 0.2) is 207 Å². The van der Waals surface area contributed by atoms with E-state index in [1.54, 1.807) is 53.6 Å². The minimum absolute atomic E-state index is 0.0334. The van der Waals surface area contributed by atoms with Gasteiger partial charge in [0.05, 0.1) is 66.4 Å². The van der Waals surface area contributed by atoms with Gasteiger partial charge in [-0.05, 0) is 216 Å². The third-order valence-electron chi connectivity index (χ3n) is 25.0. The SMILES string of the molecule is O=C(O)CC1CC2(C1)CC(CC(=O)c1cc(Cl)cc3cnn(Cc4ccc(-c5ccccc5)c(F)c4)c13)C2.O=C(O)CC1CC2(C1)CC(CC(=O)c1cc(Cl)cc3cnn(Cc4ccc(-c5ccccc5)cc4)c13)C2.[C-]#[N+]c1ccc(-c2ccc(Cn3ncc4c(Cl)ccc(C(=O)CC5CC6(CC(CC(=O)O)C6)C5)c43)cc2)cc1. The Labute approximate surface area is 674 Å². The zero-order valence-corrected chi connectivity index (χ0v) is 65.1. The Bertz CT molecular complexity index is 5720. The third kappa shape index (κ3) is 16.7. The van der Waals surface area contributed by atoms with Crippen LogP contribution in [0.1, 0.15) is 163 Å². The monoisotopic (exact) mass is 1580 g/mol. The van der Waals surface area contributed by atoms with Crippen molar-refractivity contribution in [2.24, 2.45) is 51.8 Å². The first kappa shape index (κ1) is 77.1. The molecule has 0 aliphatic heterocycles. The molecule has 6 saturated carbocycles. The van der Waals surface area contributed by atoms with Gasteiger partial charge in [0.25, 0.3) is 0 Å². The molecule has 20 heteroatoms. The molecule has 3 N–H and O–H groups in total. The number of ketones is 3. The quantitative estimate of drug-likeness (QED) is 0.0380. The molecule has 0 bridgehead atoms. The van der Waals surface area contributed by atoms with E-state index in [9.17, 15) is 33.2 Å². The van der Waals surface area contributed by atoms with Crippen LogP contribution in [-0.2, 0) is 34.0 Å². The van der Waals surface area contributed by atoms with Gasteiger partial charge < -0.3 is 15.3 Å². The van der Waals surface area contributed by atoms with Gasteiger partial charge in [0, 0.05) is 87.0 Å². The molecular weight excluding hydrogens is 1500 g/mol. The van der Waals surface area contributed by atoms with Crippen molar-refractivity contribution in [2.75, 3.05) is 0 Å². The van der Waals surface area contributed by atoms with Gasteiger partial charge >= 0.3 is 17.9 Å². The Morgan fingerprint density at radius 1 is 0.395 bits per heavy atom. The van der Waals surface area contributed by atoms with Gasteiger partial charge in [-0.15, -0.1) is 0 Å². The highest BCUT2D eigenvalue weighted by atomic mass is 35.5. The molecule has 0 amide bonds. The first-order chi connectivity index (χ1) is 55.0. The molecule has 6 aliphatic rings. The molecule has 0 radical (unpaired) electrons. The minimum atomic E-state index is -0.729. The molecule has 3 aromatic heterocycles. The van der Waals surface area contributed by atoms with Gasteiger partial charge in [0.2, 0.25) is 0 Å². The number of hydrogen-bond acceptors (Lipinski definition) is 9. The predicted molar refractivity (Wildman–Crippen MR) is 441 cm³/mol. The van der Waals surface area contributed by atoms with Crippen LogP contribution in [-0.4, -0.2) is 79.9 Å². The van der Waals surface area contributed by atoms with Gasteiger partial charge in [-0.3, -0.25) is 42.8 Å². The molecule has 6 fully saturated rings. The van der Waals surface area contributed by atoms with Crippen molar-refractivity contribution in [1.82, 2.24) is 29.3 Å². The molecule has 3 heterocycles. The highest BCUT2D eigenvalue weighted by Crippen LogP contribution is 2.65. The lowest BCUT2D eigenvalue weighted by molar-refractivity contribution is -0.144. The number of Topliss-reactive ketones (excluding diaryl/α,β-unsaturated/α-hetero) is 3. The van der Waals surface area contributed by atoms with Crippen LogP contribution in [0.5, 0.6) is 0 Å². The van der Waals surface area contributed by atoms with Crippen molar-refractivity contribution in [3.05, 3.63) is 272 Å². The molecule has 578 valence electrons. The summed E-state index contributed by atoms with van der Waals surface area (Å²) in [5, 5.41) is 44.8. The third-order valence-corrected chi connectivity index (χ3v) is 25.7. The summed E-state index contributed by atoms with van der Waals surface area (Å²) in [6.45, 7) is 8.53. The molecule has 12 aromatic rings. The first-order valence-corrected chi connectivity index (χ1v) is 40.4. The lowest BCUT2D eigenvalue weighted by Crippen LogP contribution is -2.48. The van der Waals surface area contributed by atoms with Crippen LogP contribution >= 0.6 is 34.8 Å². The molecule has 0 unspecified atom stereocenters. The van der Waals surface area contributed by atoms with Crippen molar-refractivity contribution in [2.45, 2.75) is 135 Å². The fourth-order valence-electron chi connectivity index (χ4n) is 20.3. The van der Waals surface area contributed by atoms with E-state index in [1.807, 2.05) is 100 Å². The highest BCUT2D eigenvalue weighted by molar-refractivity contribution is 6.36. The Balaban J connectivity index is 0.000000129. The number of aromatic nitrogens is 6. The maximum atomic E-state index is 15.0. The topological polar surface area (TPSA) is 221 Å².